The van der Waals surface area contributed by atoms with Crippen molar-refractivity contribution >= 4 is 16.9 Å². The van der Waals surface area contributed by atoms with Crippen LogP contribution in [0, 0.1) is 0 Å². The Morgan fingerprint density at radius 2 is 1.56 bits per heavy atom. The molecule has 0 bridgehead atoms. The van der Waals surface area contributed by atoms with Gasteiger partial charge in [0.25, 0.3) is 0 Å². The van der Waals surface area contributed by atoms with Crippen LogP contribution in [0.25, 0.3) is 22.3 Å². The second kappa shape index (κ2) is 12.8. The minimum atomic E-state index is -1.86. The molecule has 2 aliphatic heterocycles. The lowest BCUT2D eigenvalue weighted by Gasteiger charge is -2.46. The second-order valence-corrected chi connectivity index (χ2v) is 10.7. The summed E-state index contributed by atoms with van der Waals surface area (Å²) in [6.07, 6.45) is -16.3. The van der Waals surface area contributed by atoms with E-state index < -0.39 is 102 Å². The highest BCUT2D eigenvalue weighted by atomic mass is 16.8. The van der Waals surface area contributed by atoms with Crippen LogP contribution in [0.5, 0.6) is 23.0 Å². The lowest BCUT2D eigenvalue weighted by atomic mass is 9.97. The predicted molar refractivity (Wildman–Crippen MR) is 148 cm³/mol. The van der Waals surface area contributed by atoms with E-state index in [1.807, 2.05) is 0 Å². The summed E-state index contributed by atoms with van der Waals surface area (Å²) in [6.45, 7) is 1.58. The molecule has 2 saturated heterocycles. The SMILES string of the molecule is CC(=O)OC1C(O)C(CO)OC(Oc2c(-c3ccc(O)cc3)oc3cc(O)cc(O)c3c2=O)C1OC1OC(C)C(O)C(O)C1O. The zero-order valence-corrected chi connectivity index (χ0v) is 23.8. The molecule has 0 amide bonds. The summed E-state index contributed by atoms with van der Waals surface area (Å²) in [6, 6.07) is 7.27. The largest absolute Gasteiger partial charge is 0.508 e. The average Bonchev–Trinajstić information content (AvgIpc) is 2.98. The van der Waals surface area contributed by atoms with E-state index in [-0.39, 0.29) is 22.7 Å². The first-order chi connectivity index (χ1) is 21.3. The highest BCUT2D eigenvalue weighted by Crippen LogP contribution is 2.38. The van der Waals surface area contributed by atoms with Gasteiger partial charge in [0.2, 0.25) is 17.5 Å². The molecule has 0 spiro atoms. The van der Waals surface area contributed by atoms with E-state index in [9.17, 15) is 50.4 Å². The Hall–Kier alpha value is -4.00. The number of phenols is 3. The monoisotopic (exact) mass is 636 g/mol. The molecule has 10 unspecified atom stereocenters. The van der Waals surface area contributed by atoms with E-state index >= 15 is 0 Å². The maximum Gasteiger partial charge on any atom is 0.303 e. The van der Waals surface area contributed by atoms with Crippen LogP contribution in [0.3, 0.4) is 0 Å². The fourth-order valence-electron chi connectivity index (χ4n) is 5.18. The molecular weight excluding hydrogens is 604 g/mol. The zero-order valence-electron chi connectivity index (χ0n) is 23.8. The third kappa shape index (κ3) is 6.27. The number of ether oxygens (including phenoxy) is 5. The van der Waals surface area contributed by atoms with E-state index in [4.69, 9.17) is 28.1 Å². The van der Waals surface area contributed by atoms with Crippen molar-refractivity contribution in [1.82, 2.24) is 0 Å². The quantitative estimate of drug-likeness (QED) is 0.147. The summed E-state index contributed by atoms with van der Waals surface area (Å²) in [5, 5.41) is 81.8. The van der Waals surface area contributed by atoms with Gasteiger partial charge in [0.15, 0.2) is 24.3 Å². The Labute approximate surface area is 253 Å². The van der Waals surface area contributed by atoms with Crippen LogP contribution in [-0.4, -0.2) is 115 Å². The number of esters is 1. The van der Waals surface area contributed by atoms with Gasteiger partial charge in [-0.1, -0.05) is 0 Å². The molecule has 3 aromatic rings. The summed E-state index contributed by atoms with van der Waals surface area (Å²) in [5.74, 6) is -3.01. The third-order valence-electron chi connectivity index (χ3n) is 7.48. The minimum Gasteiger partial charge on any atom is -0.508 e. The van der Waals surface area contributed by atoms with Gasteiger partial charge >= 0.3 is 5.97 Å². The second-order valence-electron chi connectivity index (χ2n) is 10.7. The number of aliphatic hydroxyl groups excluding tert-OH is 5. The Balaban J connectivity index is 1.64. The number of hydrogen-bond donors (Lipinski definition) is 8. The molecule has 0 radical (unpaired) electrons. The smallest absolute Gasteiger partial charge is 0.303 e. The molecule has 10 atom stereocenters. The van der Waals surface area contributed by atoms with Crippen molar-refractivity contribution in [2.24, 2.45) is 0 Å². The number of benzene rings is 2. The fraction of sp³-hybridized carbons (Fsp3) is 0.448. The maximum atomic E-state index is 13.9. The average molecular weight is 637 g/mol. The van der Waals surface area contributed by atoms with Crippen molar-refractivity contribution in [1.29, 1.82) is 0 Å². The number of carbonyl (C=O) groups excluding carboxylic acids is 1. The molecule has 5 rings (SSSR count). The third-order valence-corrected chi connectivity index (χ3v) is 7.48. The van der Waals surface area contributed by atoms with Crippen LogP contribution in [0.4, 0.5) is 0 Å². The molecule has 45 heavy (non-hydrogen) atoms. The van der Waals surface area contributed by atoms with Gasteiger partial charge in [-0.15, -0.1) is 0 Å². The zero-order chi connectivity index (χ0) is 32.7. The highest BCUT2D eigenvalue weighted by molar-refractivity contribution is 5.88. The molecule has 2 fully saturated rings. The number of aliphatic hydroxyl groups is 5. The van der Waals surface area contributed by atoms with E-state index in [0.717, 1.165) is 19.1 Å². The van der Waals surface area contributed by atoms with Crippen molar-refractivity contribution < 1.29 is 73.7 Å². The molecule has 8 N–H and O–H groups in total. The number of carbonyl (C=O) groups is 1. The van der Waals surface area contributed by atoms with Gasteiger partial charge in [0.1, 0.15) is 58.7 Å². The van der Waals surface area contributed by atoms with E-state index in [2.05, 4.69) is 0 Å². The summed E-state index contributed by atoms with van der Waals surface area (Å²) in [7, 11) is 0. The lowest BCUT2D eigenvalue weighted by molar-refractivity contribution is -0.355. The fourth-order valence-corrected chi connectivity index (χ4v) is 5.18. The number of aromatic hydroxyl groups is 3. The summed E-state index contributed by atoms with van der Waals surface area (Å²) in [4.78, 5) is 25.9. The van der Waals surface area contributed by atoms with Gasteiger partial charge in [-0.25, -0.2) is 0 Å². The van der Waals surface area contributed by atoms with Crippen LogP contribution < -0.4 is 10.2 Å². The predicted octanol–water partition coefficient (Wildman–Crippen LogP) is -0.822. The van der Waals surface area contributed by atoms with Crippen molar-refractivity contribution in [3.63, 3.8) is 0 Å². The Morgan fingerprint density at radius 1 is 0.867 bits per heavy atom. The van der Waals surface area contributed by atoms with Gasteiger partial charge < -0.3 is 69.0 Å². The number of rotatable bonds is 7. The summed E-state index contributed by atoms with van der Waals surface area (Å²) in [5.41, 5.74) is -1.05. The van der Waals surface area contributed by atoms with Gasteiger partial charge in [0.05, 0.1) is 12.7 Å². The van der Waals surface area contributed by atoms with Crippen LogP contribution in [-0.2, 0) is 23.7 Å². The first-order valence-corrected chi connectivity index (χ1v) is 13.8. The van der Waals surface area contributed by atoms with Gasteiger partial charge in [0, 0.05) is 24.6 Å². The van der Waals surface area contributed by atoms with E-state index in [1.165, 1.54) is 31.2 Å². The van der Waals surface area contributed by atoms with E-state index in [1.54, 1.807) is 0 Å². The molecule has 2 aromatic carbocycles. The molecule has 244 valence electrons. The molecule has 0 aliphatic carbocycles. The highest BCUT2D eigenvalue weighted by Gasteiger charge is 2.53. The van der Waals surface area contributed by atoms with Gasteiger partial charge in [-0.2, -0.15) is 0 Å². The molecule has 0 saturated carbocycles. The minimum absolute atomic E-state index is 0.125. The Morgan fingerprint density at radius 3 is 2.20 bits per heavy atom. The van der Waals surface area contributed by atoms with Gasteiger partial charge in [-0.3, -0.25) is 9.59 Å². The molecule has 16 heteroatoms. The molecule has 2 aliphatic rings. The molecule has 3 heterocycles. The Bertz CT molecular complexity index is 1590. The number of hydrogen-bond acceptors (Lipinski definition) is 16. The molecular formula is C29H32O16. The molecule has 16 nitrogen and oxygen atoms in total. The number of phenolic OH excluding ortho intramolecular Hbond substituents is 3. The normalized spacial score (nSPS) is 31.9. The van der Waals surface area contributed by atoms with E-state index in [0.29, 0.717) is 0 Å². The van der Waals surface area contributed by atoms with Crippen molar-refractivity contribution in [3.05, 3.63) is 46.6 Å². The first kappa shape index (κ1) is 32.4. The van der Waals surface area contributed by atoms with Crippen molar-refractivity contribution in [3.8, 4) is 34.3 Å². The topological polar surface area (TPSA) is 255 Å². The molecule has 1 aromatic heterocycles. The van der Waals surface area contributed by atoms with Crippen LogP contribution in [0.2, 0.25) is 0 Å². The Kier molecular flexibility index (Phi) is 9.20. The first-order valence-electron chi connectivity index (χ1n) is 13.8. The standard InChI is InChI=1S/C29H32O16/c1-10-19(35)22(38)23(39)28(40-10)45-27-25(41-11(2)31)20(36)17(9-30)43-29(27)44-26-21(37)18-15(34)7-14(33)8-16(18)42-24(26)12-3-5-13(32)6-4-12/h3-8,10,17,19-20,22-23,25,27-30,32-36,38-39H,9H2,1-2H3. The summed E-state index contributed by atoms with van der Waals surface area (Å²) < 4.78 is 34.3. The van der Waals surface area contributed by atoms with Crippen molar-refractivity contribution in [2.45, 2.75) is 75.3 Å². The van der Waals surface area contributed by atoms with Crippen LogP contribution >= 0.6 is 0 Å². The van der Waals surface area contributed by atoms with Crippen LogP contribution in [0.1, 0.15) is 13.8 Å². The van der Waals surface area contributed by atoms with Gasteiger partial charge in [-0.05, 0) is 31.2 Å². The maximum absolute atomic E-state index is 13.9. The summed E-state index contributed by atoms with van der Waals surface area (Å²) >= 11 is 0. The van der Waals surface area contributed by atoms with Crippen LogP contribution in [0.15, 0.2) is 45.6 Å². The lowest BCUT2D eigenvalue weighted by Crippen LogP contribution is -2.65. The van der Waals surface area contributed by atoms with Crippen molar-refractivity contribution in [2.75, 3.05) is 6.61 Å². The number of fused-ring (bicyclic) bond motifs is 1.